The van der Waals surface area contributed by atoms with Crippen molar-refractivity contribution in [2.45, 2.75) is 0 Å². The normalized spacial score (nSPS) is 9.90. The number of carbonyl (C=O) groups excluding carboxylic acids is 2. The fourth-order valence-corrected chi connectivity index (χ4v) is 1.58. The van der Waals surface area contributed by atoms with Crippen LogP contribution in [-0.4, -0.2) is 27.9 Å². The highest BCUT2D eigenvalue weighted by Crippen LogP contribution is 2.10. The Morgan fingerprint density at radius 3 is 2.10 bits per heavy atom. The Bertz CT molecular complexity index is 693. The summed E-state index contributed by atoms with van der Waals surface area (Å²) < 4.78 is 0. The van der Waals surface area contributed by atoms with Crippen LogP contribution in [0, 0.1) is 0 Å². The zero-order chi connectivity index (χ0) is 15.4. The van der Waals surface area contributed by atoms with Crippen LogP contribution in [0.2, 0.25) is 0 Å². The summed E-state index contributed by atoms with van der Waals surface area (Å²) in [6.45, 7) is 0. The van der Waals surface area contributed by atoms with E-state index in [0.29, 0.717) is 16.8 Å². The van der Waals surface area contributed by atoms with Crippen molar-refractivity contribution >= 4 is 23.5 Å². The quantitative estimate of drug-likeness (QED) is 0.777. The molecule has 7 nitrogen and oxygen atoms in total. The third-order valence-corrected chi connectivity index (χ3v) is 2.67. The first-order chi connectivity index (χ1) is 9.97. The molecule has 2 aromatic rings. The van der Waals surface area contributed by atoms with Gasteiger partial charge in [0.05, 0.1) is 11.9 Å². The number of hydrogen-bond donors (Lipinski definition) is 3. The van der Waals surface area contributed by atoms with Crippen molar-refractivity contribution in [3.63, 3.8) is 0 Å². The number of nitrogens with two attached hydrogens (primary N) is 1. The van der Waals surface area contributed by atoms with E-state index in [1.165, 1.54) is 42.6 Å². The van der Waals surface area contributed by atoms with Crippen LogP contribution < -0.4 is 11.1 Å². The van der Waals surface area contributed by atoms with Gasteiger partial charge in [0.2, 0.25) is 5.91 Å². The lowest BCUT2D eigenvalue weighted by molar-refractivity contribution is 0.0690. The summed E-state index contributed by atoms with van der Waals surface area (Å²) in [6, 6.07) is 8.55. The summed E-state index contributed by atoms with van der Waals surface area (Å²) in [5.41, 5.74) is 6.00. The molecule has 0 bridgehead atoms. The average molecular weight is 285 g/mol. The monoisotopic (exact) mass is 285 g/mol. The van der Waals surface area contributed by atoms with E-state index < -0.39 is 17.8 Å². The second-order valence-electron chi connectivity index (χ2n) is 4.13. The molecule has 4 N–H and O–H groups in total. The van der Waals surface area contributed by atoms with Crippen LogP contribution in [0.5, 0.6) is 0 Å². The predicted molar refractivity (Wildman–Crippen MR) is 74.1 cm³/mol. The first-order valence-corrected chi connectivity index (χ1v) is 5.88. The van der Waals surface area contributed by atoms with Gasteiger partial charge in [0.25, 0.3) is 5.91 Å². The van der Waals surface area contributed by atoms with Crippen LogP contribution in [0.25, 0.3) is 0 Å². The fraction of sp³-hybridized carbons (Fsp3) is 0. The van der Waals surface area contributed by atoms with Gasteiger partial charge in [0.15, 0.2) is 0 Å². The van der Waals surface area contributed by atoms with E-state index in [1.54, 1.807) is 0 Å². The van der Waals surface area contributed by atoms with E-state index in [9.17, 15) is 14.4 Å². The highest BCUT2D eigenvalue weighted by Gasteiger charge is 2.09. The van der Waals surface area contributed by atoms with E-state index in [4.69, 9.17) is 10.8 Å². The molecule has 1 heterocycles. The third kappa shape index (κ3) is 3.41. The molecule has 21 heavy (non-hydrogen) atoms. The molecule has 2 rings (SSSR count). The molecule has 2 amide bonds. The molecule has 0 spiro atoms. The number of nitrogens with one attached hydrogen (secondary N) is 1. The van der Waals surface area contributed by atoms with Crippen LogP contribution >= 0.6 is 0 Å². The maximum absolute atomic E-state index is 11.9. The minimum absolute atomic E-state index is 0.112. The number of aromatic nitrogens is 1. The number of pyridine rings is 1. The molecule has 0 radical (unpaired) electrons. The molecular formula is C14H11N3O4. The number of carboxylic acid groups (broad SMARTS) is 1. The van der Waals surface area contributed by atoms with Gasteiger partial charge in [0, 0.05) is 11.1 Å². The lowest BCUT2D eigenvalue weighted by atomic mass is 10.1. The van der Waals surface area contributed by atoms with E-state index in [1.807, 2.05) is 0 Å². The topological polar surface area (TPSA) is 122 Å². The summed E-state index contributed by atoms with van der Waals surface area (Å²) in [5, 5.41) is 11.3. The second kappa shape index (κ2) is 5.83. The van der Waals surface area contributed by atoms with Crippen LogP contribution in [0.15, 0.2) is 42.6 Å². The van der Waals surface area contributed by atoms with E-state index in [-0.39, 0.29) is 5.69 Å². The number of nitrogens with zero attached hydrogens (tertiary/aromatic N) is 1. The zero-order valence-electron chi connectivity index (χ0n) is 10.7. The molecule has 1 aromatic heterocycles. The number of carboxylic acids is 1. The number of primary amides is 1. The number of rotatable bonds is 4. The molecule has 0 atom stereocenters. The third-order valence-electron chi connectivity index (χ3n) is 2.67. The number of amides is 2. The molecule has 0 aliphatic rings. The van der Waals surface area contributed by atoms with Crippen molar-refractivity contribution in [2.75, 3.05) is 5.32 Å². The second-order valence-corrected chi connectivity index (χ2v) is 4.13. The molecule has 106 valence electrons. The molecular weight excluding hydrogens is 274 g/mol. The number of benzene rings is 1. The van der Waals surface area contributed by atoms with Crippen LogP contribution in [0.3, 0.4) is 0 Å². The first kappa shape index (κ1) is 14.2. The maximum Gasteiger partial charge on any atom is 0.354 e. The average Bonchev–Trinajstić information content (AvgIpc) is 2.47. The van der Waals surface area contributed by atoms with Gasteiger partial charge in [-0.25, -0.2) is 9.78 Å². The van der Waals surface area contributed by atoms with Gasteiger partial charge in [0.1, 0.15) is 5.69 Å². The van der Waals surface area contributed by atoms with Gasteiger partial charge in [-0.15, -0.1) is 0 Å². The predicted octanol–water partition coefficient (Wildman–Crippen LogP) is 1.13. The highest BCUT2D eigenvalue weighted by molar-refractivity contribution is 6.05. The van der Waals surface area contributed by atoms with Gasteiger partial charge in [-0.3, -0.25) is 9.59 Å². The summed E-state index contributed by atoms with van der Waals surface area (Å²) >= 11 is 0. The Labute approximate surface area is 119 Å². The lowest BCUT2D eigenvalue weighted by Crippen LogP contribution is -2.14. The minimum atomic E-state index is -1.14. The standard InChI is InChI=1S/C14H11N3O4/c15-12(18)8-1-3-9(4-2-8)13(19)17-10-5-6-11(14(20)21)16-7-10/h1-7H,(H2,15,18)(H,17,19)(H,20,21). The highest BCUT2D eigenvalue weighted by atomic mass is 16.4. The molecule has 0 aliphatic heterocycles. The van der Waals surface area contributed by atoms with Gasteiger partial charge < -0.3 is 16.2 Å². The molecule has 0 saturated heterocycles. The van der Waals surface area contributed by atoms with Crippen LogP contribution in [0.4, 0.5) is 5.69 Å². The van der Waals surface area contributed by atoms with Crippen molar-refractivity contribution in [3.05, 3.63) is 59.4 Å². The zero-order valence-corrected chi connectivity index (χ0v) is 10.7. The Morgan fingerprint density at radius 1 is 1.00 bits per heavy atom. The number of anilines is 1. The number of aromatic carboxylic acids is 1. The van der Waals surface area contributed by atoms with Gasteiger partial charge >= 0.3 is 5.97 Å². The Balaban J connectivity index is 2.10. The lowest BCUT2D eigenvalue weighted by Gasteiger charge is -2.05. The Kier molecular flexibility index (Phi) is 3.94. The van der Waals surface area contributed by atoms with Crippen molar-refractivity contribution in [3.8, 4) is 0 Å². The molecule has 0 aliphatic carbocycles. The number of hydrogen-bond acceptors (Lipinski definition) is 4. The Hall–Kier alpha value is -3.22. The van der Waals surface area contributed by atoms with Gasteiger partial charge in [-0.05, 0) is 36.4 Å². The van der Waals surface area contributed by atoms with Crippen molar-refractivity contribution in [1.29, 1.82) is 0 Å². The molecule has 0 unspecified atom stereocenters. The van der Waals surface area contributed by atoms with Crippen molar-refractivity contribution in [1.82, 2.24) is 4.98 Å². The van der Waals surface area contributed by atoms with Crippen LogP contribution in [-0.2, 0) is 0 Å². The summed E-state index contributed by atoms with van der Waals surface area (Å²) in [5.74, 6) is -2.12. The first-order valence-electron chi connectivity index (χ1n) is 5.88. The van der Waals surface area contributed by atoms with E-state index in [2.05, 4.69) is 10.3 Å². The number of carbonyl (C=O) groups is 3. The van der Waals surface area contributed by atoms with Gasteiger partial charge in [-0.1, -0.05) is 0 Å². The Morgan fingerprint density at radius 2 is 1.62 bits per heavy atom. The molecule has 0 saturated carbocycles. The van der Waals surface area contributed by atoms with E-state index in [0.717, 1.165) is 0 Å². The van der Waals surface area contributed by atoms with Gasteiger partial charge in [-0.2, -0.15) is 0 Å². The van der Waals surface area contributed by atoms with Crippen LogP contribution in [0.1, 0.15) is 31.2 Å². The van der Waals surface area contributed by atoms with Crippen molar-refractivity contribution in [2.24, 2.45) is 5.73 Å². The molecule has 7 heteroatoms. The SMILES string of the molecule is NC(=O)c1ccc(C(=O)Nc2ccc(C(=O)O)nc2)cc1. The summed E-state index contributed by atoms with van der Waals surface area (Å²) in [7, 11) is 0. The summed E-state index contributed by atoms with van der Waals surface area (Å²) in [6.07, 6.45) is 1.25. The van der Waals surface area contributed by atoms with E-state index >= 15 is 0 Å². The fourth-order valence-electron chi connectivity index (χ4n) is 1.58. The molecule has 0 fully saturated rings. The maximum atomic E-state index is 11.9. The minimum Gasteiger partial charge on any atom is -0.477 e. The van der Waals surface area contributed by atoms with Crippen molar-refractivity contribution < 1.29 is 19.5 Å². The smallest absolute Gasteiger partial charge is 0.354 e. The molecule has 1 aromatic carbocycles. The summed E-state index contributed by atoms with van der Waals surface area (Å²) in [4.78, 5) is 37.2. The largest absolute Gasteiger partial charge is 0.477 e.